The van der Waals surface area contributed by atoms with E-state index in [1.54, 1.807) is 0 Å². The second-order valence-corrected chi connectivity index (χ2v) is 7.11. The van der Waals surface area contributed by atoms with E-state index in [0.29, 0.717) is 18.1 Å². The number of carbonyl (C=O) groups excluding carboxylic acids is 1. The second kappa shape index (κ2) is 9.98. The van der Waals surface area contributed by atoms with Crippen LogP contribution in [-0.2, 0) is 20.9 Å². The molecule has 0 aromatic heterocycles. The van der Waals surface area contributed by atoms with Gasteiger partial charge in [-0.25, -0.2) is 4.79 Å². The highest BCUT2D eigenvalue weighted by Gasteiger charge is 2.17. The zero-order valence-electron chi connectivity index (χ0n) is 16.6. The lowest BCUT2D eigenvalue weighted by molar-refractivity contribution is -0.133. The minimum absolute atomic E-state index is 0.358. The molecule has 0 aliphatic heterocycles. The topological polar surface area (TPSA) is 44.8 Å². The molecule has 0 radical (unpaired) electrons. The first-order valence-electron chi connectivity index (χ1n) is 9.85. The third-order valence-electron chi connectivity index (χ3n) is 5.30. The van der Waals surface area contributed by atoms with Gasteiger partial charge in [-0.2, -0.15) is 0 Å². The lowest BCUT2D eigenvalue weighted by Crippen LogP contribution is -2.08. The molecule has 2 aromatic carbocycles. The third-order valence-corrected chi connectivity index (χ3v) is 5.30. The number of hydrogen-bond acceptors (Lipinski definition) is 4. The summed E-state index contributed by atoms with van der Waals surface area (Å²) in [5.74, 6) is 1.07. The van der Waals surface area contributed by atoms with Crippen LogP contribution in [0.1, 0.15) is 54.7 Å². The van der Waals surface area contributed by atoms with Crippen LogP contribution in [0.3, 0.4) is 0 Å². The lowest BCUT2D eigenvalue weighted by atomic mass is 9.84. The normalized spacial score (nSPS) is 15.1. The third kappa shape index (κ3) is 4.94. The number of ether oxygens (including phenoxy) is 3. The van der Waals surface area contributed by atoms with Crippen LogP contribution in [0.4, 0.5) is 0 Å². The number of carbonyl (C=O) groups is 1. The molecule has 0 N–H and O–H groups in total. The Balaban J connectivity index is 1.71. The van der Waals surface area contributed by atoms with Gasteiger partial charge in [0.2, 0.25) is 0 Å². The molecule has 0 spiro atoms. The maximum Gasteiger partial charge on any atom is 0.341 e. The number of esters is 1. The Bertz CT molecular complexity index is 802. The largest absolute Gasteiger partial charge is 0.503 e. The zero-order valence-corrected chi connectivity index (χ0v) is 16.6. The first kappa shape index (κ1) is 20.0. The minimum atomic E-state index is -0.439. The molecule has 0 saturated heterocycles. The van der Waals surface area contributed by atoms with Crippen molar-refractivity contribution < 1.29 is 19.0 Å². The van der Waals surface area contributed by atoms with Gasteiger partial charge in [0.15, 0.2) is 0 Å². The first-order valence-corrected chi connectivity index (χ1v) is 9.85. The molecule has 0 amide bonds. The number of benzene rings is 2. The van der Waals surface area contributed by atoms with Crippen LogP contribution in [0.5, 0.6) is 5.75 Å². The molecule has 28 heavy (non-hydrogen) atoms. The van der Waals surface area contributed by atoms with Crippen molar-refractivity contribution in [3.05, 3.63) is 71.5 Å². The van der Waals surface area contributed by atoms with Gasteiger partial charge < -0.3 is 14.2 Å². The van der Waals surface area contributed by atoms with Crippen LogP contribution in [0, 0.1) is 0 Å². The predicted octanol–water partition coefficient (Wildman–Crippen LogP) is 5.47. The van der Waals surface area contributed by atoms with Gasteiger partial charge in [0.1, 0.15) is 17.9 Å². The molecule has 1 aliphatic rings. The van der Waals surface area contributed by atoms with Crippen molar-refractivity contribution in [3.63, 3.8) is 0 Å². The summed E-state index contributed by atoms with van der Waals surface area (Å²) in [6.45, 7) is 0.358. The molecule has 0 unspecified atom stereocenters. The highest BCUT2D eigenvalue weighted by Crippen LogP contribution is 2.33. The molecule has 0 bridgehead atoms. The van der Waals surface area contributed by atoms with E-state index in [4.69, 9.17) is 14.2 Å². The van der Waals surface area contributed by atoms with Crippen molar-refractivity contribution in [2.45, 2.75) is 44.6 Å². The Morgan fingerprint density at radius 3 is 2.39 bits per heavy atom. The molecule has 0 heterocycles. The SMILES string of the molecule is CO/C=C(/C(=O)OC)c1ccccc1COc1ccc(C2CCCCC2)cc1. The molecular formula is C24H28O4. The molecule has 1 fully saturated rings. The number of rotatable bonds is 7. The molecule has 2 aromatic rings. The van der Waals surface area contributed by atoms with E-state index in [1.165, 1.54) is 58.1 Å². The van der Waals surface area contributed by atoms with Crippen molar-refractivity contribution >= 4 is 11.5 Å². The van der Waals surface area contributed by atoms with E-state index in [-0.39, 0.29) is 0 Å². The van der Waals surface area contributed by atoms with Crippen LogP contribution in [-0.4, -0.2) is 20.2 Å². The van der Waals surface area contributed by atoms with Crippen LogP contribution < -0.4 is 4.74 Å². The summed E-state index contributed by atoms with van der Waals surface area (Å²) < 4.78 is 15.9. The Morgan fingerprint density at radius 1 is 1.00 bits per heavy atom. The van der Waals surface area contributed by atoms with Crippen molar-refractivity contribution in [3.8, 4) is 5.75 Å². The summed E-state index contributed by atoms with van der Waals surface area (Å²) in [4.78, 5) is 12.1. The Hall–Kier alpha value is -2.75. The minimum Gasteiger partial charge on any atom is -0.503 e. The summed E-state index contributed by atoms with van der Waals surface area (Å²) in [6.07, 6.45) is 8.01. The Kier molecular flexibility index (Phi) is 7.12. The molecule has 4 nitrogen and oxygen atoms in total. The van der Waals surface area contributed by atoms with Gasteiger partial charge in [0, 0.05) is 0 Å². The Morgan fingerprint density at radius 2 is 1.71 bits per heavy atom. The van der Waals surface area contributed by atoms with Gasteiger partial charge in [-0.15, -0.1) is 0 Å². The molecule has 148 valence electrons. The molecule has 0 atom stereocenters. The van der Waals surface area contributed by atoms with Crippen molar-refractivity contribution in [2.75, 3.05) is 14.2 Å². The monoisotopic (exact) mass is 380 g/mol. The lowest BCUT2D eigenvalue weighted by Gasteiger charge is -2.22. The summed E-state index contributed by atoms with van der Waals surface area (Å²) in [5.41, 5.74) is 3.42. The van der Waals surface area contributed by atoms with Crippen molar-refractivity contribution in [1.82, 2.24) is 0 Å². The maximum atomic E-state index is 12.1. The van der Waals surface area contributed by atoms with Gasteiger partial charge in [-0.3, -0.25) is 0 Å². The number of methoxy groups -OCH3 is 2. The van der Waals surface area contributed by atoms with Crippen LogP contribution in [0.15, 0.2) is 54.8 Å². The van der Waals surface area contributed by atoms with Gasteiger partial charge in [0.05, 0.1) is 20.5 Å². The first-order chi connectivity index (χ1) is 13.7. The van der Waals surface area contributed by atoms with E-state index in [1.807, 2.05) is 36.4 Å². The smallest absolute Gasteiger partial charge is 0.341 e. The van der Waals surface area contributed by atoms with Gasteiger partial charge in [0.25, 0.3) is 0 Å². The number of hydrogen-bond donors (Lipinski definition) is 0. The molecule has 4 heteroatoms. The summed E-state index contributed by atoms with van der Waals surface area (Å²) in [5, 5.41) is 0. The second-order valence-electron chi connectivity index (χ2n) is 7.11. The van der Waals surface area contributed by atoms with Crippen LogP contribution in [0.25, 0.3) is 5.57 Å². The summed E-state index contributed by atoms with van der Waals surface area (Å²) >= 11 is 0. The maximum absolute atomic E-state index is 12.1. The highest BCUT2D eigenvalue weighted by atomic mass is 16.5. The molecule has 3 rings (SSSR count). The fourth-order valence-electron chi connectivity index (χ4n) is 3.79. The fourth-order valence-corrected chi connectivity index (χ4v) is 3.79. The van der Waals surface area contributed by atoms with Gasteiger partial charge in [-0.1, -0.05) is 55.7 Å². The van der Waals surface area contributed by atoms with Crippen LogP contribution in [0.2, 0.25) is 0 Å². The van der Waals surface area contributed by atoms with E-state index < -0.39 is 5.97 Å². The average molecular weight is 380 g/mol. The fraction of sp³-hybridized carbons (Fsp3) is 0.375. The van der Waals surface area contributed by atoms with E-state index in [9.17, 15) is 4.79 Å². The van der Waals surface area contributed by atoms with E-state index in [0.717, 1.165) is 16.9 Å². The standard InChI is InChI=1S/C24H28O4/c1-26-17-23(24(25)27-2)22-11-7-6-10-20(22)16-28-21-14-12-19(13-15-21)18-8-4-3-5-9-18/h6-7,10-15,17-18H,3-5,8-9,16H2,1-2H3/b23-17+. The molecule has 1 saturated carbocycles. The van der Waals surface area contributed by atoms with E-state index in [2.05, 4.69) is 12.1 Å². The van der Waals surface area contributed by atoms with Gasteiger partial charge >= 0.3 is 5.97 Å². The Labute approximate surface area is 167 Å². The summed E-state index contributed by atoms with van der Waals surface area (Å²) in [6, 6.07) is 16.1. The van der Waals surface area contributed by atoms with Crippen LogP contribution >= 0.6 is 0 Å². The van der Waals surface area contributed by atoms with Crippen molar-refractivity contribution in [2.24, 2.45) is 0 Å². The highest BCUT2D eigenvalue weighted by molar-refractivity contribution is 6.16. The van der Waals surface area contributed by atoms with Gasteiger partial charge in [-0.05, 0) is 47.6 Å². The summed E-state index contributed by atoms with van der Waals surface area (Å²) in [7, 11) is 2.87. The quantitative estimate of drug-likeness (QED) is 0.363. The van der Waals surface area contributed by atoms with E-state index >= 15 is 0 Å². The molecule has 1 aliphatic carbocycles. The molecular weight excluding hydrogens is 352 g/mol. The van der Waals surface area contributed by atoms with Crippen molar-refractivity contribution in [1.29, 1.82) is 0 Å². The zero-order chi connectivity index (χ0) is 19.8. The average Bonchev–Trinajstić information content (AvgIpc) is 2.77. The predicted molar refractivity (Wildman–Crippen MR) is 110 cm³/mol.